The molecule has 0 saturated heterocycles. The van der Waals surface area contributed by atoms with Gasteiger partial charge in [-0.1, -0.05) is 57.5 Å². The minimum atomic E-state index is -0.205. The minimum Gasteiger partial charge on any atom is -0.297 e. The van der Waals surface area contributed by atoms with E-state index in [0.29, 0.717) is 5.78 Å². The Hall–Kier alpha value is 0.630. The summed E-state index contributed by atoms with van der Waals surface area (Å²) in [7, 11) is 0. The average Bonchev–Trinajstić information content (AvgIpc) is 2.34. The molecule has 0 heterocycles. The van der Waals surface area contributed by atoms with E-state index >= 15 is 0 Å². The summed E-state index contributed by atoms with van der Waals surface area (Å²) in [5.41, 5.74) is 0. The Morgan fingerprint density at radius 1 is 0.786 bits per heavy atom. The van der Waals surface area contributed by atoms with Gasteiger partial charge in [-0.3, -0.25) is 4.79 Å². The van der Waals surface area contributed by atoms with Crippen LogP contribution in [0.5, 0.6) is 0 Å². The van der Waals surface area contributed by atoms with Crippen molar-refractivity contribution in [3.05, 3.63) is 0 Å². The summed E-state index contributed by atoms with van der Waals surface area (Å²) >= 11 is 7.42. The van der Waals surface area contributed by atoms with Gasteiger partial charge in [0, 0.05) is 0 Å². The van der Waals surface area contributed by atoms with Gasteiger partial charge in [-0.25, -0.2) is 0 Å². The molecule has 0 aromatic heterocycles. The molecule has 2 fully saturated rings. The highest BCUT2D eigenvalue weighted by molar-refractivity contribution is 9.11. The van der Waals surface area contributed by atoms with Crippen molar-refractivity contribution in [1.29, 1.82) is 0 Å². The molecule has 0 atom stereocenters. The number of hydrogen-bond acceptors (Lipinski definition) is 1. The normalized spacial score (nSPS) is 44.3. The quantitative estimate of drug-likeness (QED) is 0.616. The molecule has 0 amide bonds. The zero-order valence-electron chi connectivity index (χ0n) is 8.32. The van der Waals surface area contributed by atoms with E-state index < -0.39 is 0 Å². The first-order valence-electron chi connectivity index (χ1n) is 5.50. The summed E-state index contributed by atoms with van der Waals surface area (Å²) in [5, 5.41) is 0. The summed E-state index contributed by atoms with van der Waals surface area (Å²) < 4.78 is -0.410. The van der Waals surface area contributed by atoms with E-state index in [0.717, 1.165) is 25.7 Å². The van der Waals surface area contributed by atoms with Crippen LogP contribution in [0.15, 0.2) is 0 Å². The third-order valence-corrected chi connectivity index (χ3v) is 5.91. The number of carbonyl (C=O) groups is 1. The van der Waals surface area contributed by atoms with E-state index in [-0.39, 0.29) is 8.65 Å². The minimum absolute atomic E-state index is 0.205. The second-order valence-electron chi connectivity index (χ2n) is 4.67. The highest BCUT2D eigenvalue weighted by atomic mass is 79.9. The molecule has 0 aromatic rings. The number of halogens is 2. The molecule has 0 spiro atoms. The maximum atomic E-state index is 12.4. The van der Waals surface area contributed by atoms with E-state index in [2.05, 4.69) is 31.9 Å². The number of alkyl halides is 2. The highest BCUT2D eigenvalue weighted by Gasteiger charge is 2.49. The zero-order chi connectivity index (χ0) is 10.2. The Labute approximate surface area is 102 Å². The molecule has 1 nitrogen and oxygen atoms in total. The molecule has 0 aromatic carbocycles. The highest BCUT2D eigenvalue weighted by Crippen LogP contribution is 2.48. The molecule has 14 heavy (non-hydrogen) atoms. The molecule has 2 aliphatic rings. The van der Waals surface area contributed by atoms with E-state index in [1.54, 1.807) is 0 Å². The molecule has 2 bridgehead atoms. The maximum absolute atomic E-state index is 12.4. The number of Topliss-reactive ketones (excluding diaryl/α,β-unsaturated/α-hetero) is 1. The van der Waals surface area contributed by atoms with Crippen LogP contribution in [0.2, 0.25) is 0 Å². The Balaban J connectivity index is 2.35. The van der Waals surface area contributed by atoms with Crippen molar-refractivity contribution in [2.24, 2.45) is 0 Å². The SMILES string of the molecule is O=C1C2(Br)CCCCC1(Br)CCCC2. The Bertz CT molecular complexity index is 214. The predicted molar refractivity (Wildman–Crippen MR) is 65.3 cm³/mol. The standard InChI is InChI=1S/C11H16Br2O/c12-10-5-1-2-6-11(13,9(10)14)8-4-3-7-10/h1-8H2. The van der Waals surface area contributed by atoms with Crippen LogP contribution in [0, 0.1) is 0 Å². The third-order valence-electron chi connectivity index (χ3n) is 3.61. The van der Waals surface area contributed by atoms with Gasteiger partial charge < -0.3 is 0 Å². The van der Waals surface area contributed by atoms with Crippen LogP contribution in [-0.2, 0) is 4.79 Å². The second kappa shape index (κ2) is 3.89. The molecule has 2 aliphatic carbocycles. The smallest absolute Gasteiger partial charge is 0.166 e. The Kier molecular flexibility index (Phi) is 3.09. The van der Waals surface area contributed by atoms with Crippen molar-refractivity contribution in [3.63, 3.8) is 0 Å². The van der Waals surface area contributed by atoms with Gasteiger partial charge in [0.2, 0.25) is 0 Å². The maximum Gasteiger partial charge on any atom is 0.166 e. The summed E-state index contributed by atoms with van der Waals surface area (Å²) in [5.74, 6) is 0.417. The third kappa shape index (κ3) is 1.82. The molecule has 80 valence electrons. The Morgan fingerprint density at radius 3 is 1.36 bits per heavy atom. The van der Waals surface area contributed by atoms with Gasteiger partial charge in [0.05, 0.1) is 8.65 Å². The van der Waals surface area contributed by atoms with Gasteiger partial charge in [0.1, 0.15) is 0 Å². The monoisotopic (exact) mass is 322 g/mol. The lowest BCUT2D eigenvalue weighted by atomic mass is 9.90. The summed E-state index contributed by atoms with van der Waals surface area (Å²) in [4.78, 5) is 12.4. The number of ketones is 1. The van der Waals surface area contributed by atoms with Gasteiger partial charge in [-0.2, -0.15) is 0 Å². The Morgan fingerprint density at radius 2 is 1.07 bits per heavy atom. The number of carbonyl (C=O) groups excluding carboxylic acids is 1. The topological polar surface area (TPSA) is 17.1 Å². The van der Waals surface area contributed by atoms with Crippen LogP contribution in [0.1, 0.15) is 51.4 Å². The lowest BCUT2D eigenvalue weighted by Gasteiger charge is -2.29. The van der Waals surface area contributed by atoms with Crippen LogP contribution in [0.25, 0.3) is 0 Å². The largest absolute Gasteiger partial charge is 0.297 e. The van der Waals surface area contributed by atoms with Crippen molar-refractivity contribution in [1.82, 2.24) is 0 Å². The average molecular weight is 324 g/mol. The summed E-state index contributed by atoms with van der Waals surface area (Å²) in [6.07, 6.45) is 8.85. The van der Waals surface area contributed by atoms with E-state index in [1.165, 1.54) is 25.7 Å². The van der Waals surface area contributed by atoms with Crippen LogP contribution in [-0.4, -0.2) is 14.4 Å². The van der Waals surface area contributed by atoms with Crippen molar-refractivity contribution < 1.29 is 4.79 Å². The molecule has 0 unspecified atom stereocenters. The number of hydrogen-bond donors (Lipinski definition) is 0. The van der Waals surface area contributed by atoms with Gasteiger partial charge in [-0.05, 0) is 25.7 Å². The van der Waals surface area contributed by atoms with Crippen molar-refractivity contribution >= 4 is 37.6 Å². The van der Waals surface area contributed by atoms with Crippen LogP contribution in [0.3, 0.4) is 0 Å². The van der Waals surface area contributed by atoms with Gasteiger partial charge in [-0.15, -0.1) is 0 Å². The molecule has 0 radical (unpaired) electrons. The lowest BCUT2D eigenvalue weighted by molar-refractivity contribution is -0.123. The zero-order valence-corrected chi connectivity index (χ0v) is 11.5. The van der Waals surface area contributed by atoms with Crippen molar-refractivity contribution in [2.45, 2.75) is 60.0 Å². The molecule has 0 N–H and O–H groups in total. The first-order chi connectivity index (χ1) is 6.57. The lowest BCUT2D eigenvalue weighted by Crippen LogP contribution is -2.42. The molecule has 2 saturated carbocycles. The fourth-order valence-corrected chi connectivity index (χ4v) is 4.87. The number of fused-ring (bicyclic) bond motifs is 2. The second-order valence-corrected chi connectivity index (χ2v) is 7.71. The number of rotatable bonds is 0. The van der Waals surface area contributed by atoms with Crippen LogP contribution >= 0.6 is 31.9 Å². The van der Waals surface area contributed by atoms with E-state index in [4.69, 9.17) is 0 Å². The van der Waals surface area contributed by atoms with Crippen molar-refractivity contribution in [2.75, 3.05) is 0 Å². The summed E-state index contributed by atoms with van der Waals surface area (Å²) in [6.45, 7) is 0. The summed E-state index contributed by atoms with van der Waals surface area (Å²) in [6, 6.07) is 0. The first kappa shape index (κ1) is 11.1. The fraction of sp³-hybridized carbons (Fsp3) is 0.909. The fourth-order valence-electron chi connectivity index (χ4n) is 2.73. The van der Waals surface area contributed by atoms with Gasteiger partial charge >= 0.3 is 0 Å². The van der Waals surface area contributed by atoms with Crippen molar-refractivity contribution in [3.8, 4) is 0 Å². The predicted octanol–water partition coefficient (Wildman–Crippen LogP) is 3.97. The van der Waals surface area contributed by atoms with Gasteiger partial charge in [0.15, 0.2) is 5.78 Å². The first-order valence-corrected chi connectivity index (χ1v) is 7.08. The van der Waals surface area contributed by atoms with Crippen LogP contribution < -0.4 is 0 Å². The van der Waals surface area contributed by atoms with Crippen LogP contribution in [0.4, 0.5) is 0 Å². The van der Waals surface area contributed by atoms with E-state index in [9.17, 15) is 4.79 Å². The molecular formula is C11H16Br2O. The molecule has 0 aliphatic heterocycles. The molecular weight excluding hydrogens is 308 g/mol. The molecule has 2 rings (SSSR count). The van der Waals surface area contributed by atoms with Gasteiger partial charge in [0.25, 0.3) is 0 Å². The van der Waals surface area contributed by atoms with E-state index in [1.807, 2.05) is 0 Å². The molecule has 3 heteroatoms.